The summed E-state index contributed by atoms with van der Waals surface area (Å²) in [6.07, 6.45) is 3.18. The Kier molecular flexibility index (Phi) is 12.2. The predicted octanol–water partition coefficient (Wildman–Crippen LogP) is 1.92. The summed E-state index contributed by atoms with van der Waals surface area (Å²) in [6.45, 7) is 10.5. The summed E-state index contributed by atoms with van der Waals surface area (Å²) in [5, 5.41) is 3.06. The molecule has 6 heteroatoms. The minimum absolute atomic E-state index is 0. The van der Waals surface area contributed by atoms with E-state index < -0.39 is 0 Å². The molecule has 0 aliphatic carbocycles. The maximum absolute atomic E-state index is 5.70. The smallest absolute Gasteiger partial charge is 0.188 e. The first kappa shape index (κ1) is 19.7. The fourth-order valence-corrected chi connectivity index (χ4v) is 1.83. The van der Waals surface area contributed by atoms with E-state index in [0.29, 0.717) is 18.4 Å². The predicted molar refractivity (Wildman–Crippen MR) is 93.7 cm³/mol. The van der Waals surface area contributed by atoms with Crippen LogP contribution in [0.25, 0.3) is 0 Å². The Morgan fingerprint density at radius 3 is 2.80 bits per heavy atom. The topological polar surface area (TPSA) is 68.9 Å². The number of nitrogens with one attached hydrogen (secondary N) is 1. The summed E-state index contributed by atoms with van der Waals surface area (Å²) in [4.78, 5) is 4.14. The normalized spacial score (nSPS) is 16.6. The van der Waals surface area contributed by atoms with Crippen LogP contribution in [-0.2, 0) is 9.47 Å². The summed E-state index contributed by atoms with van der Waals surface area (Å²) in [7, 11) is 0. The first-order valence-electron chi connectivity index (χ1n) is 7.02. The van der Waals surface area contributed by atoms with Gasteiger partial charge in [0.05, 0.1) is 6.54 Å². The molecule has 118 valence electrons. The highest BCUT2D eigenvalue weighted by Crippen LogP contribution is 2.14. The second-order valence-corrected chi connectivity index (χ2v) is 5.07. The van der Waals surface area contributed by atoms with Gasteiger partial charge in [0.15, 0.2) is 5.96 Å². The van der Waals surface area contributed by atoms with Crippen molar-refractivity contribution in [1.29, 1.82) is 0 Å². The van der Waals surface area contributed by atoms with Gasteiger partial charge in [0.25, 0.3) is 0 Å². The fraction of sp³-hybridized carbons (Fsp3) is 0.786. The van der Waals surface area contributed by atoms with Crippen LogP contribution in [0.1, 0.15) is 26.2 Å². The number of rotatable bonds is 8. The fourth-order valence-electron chi connectivity index (χ4n) is 1.83. The first-order valence-corrected chi connectivity index (χ1v) is 7.02. The largest absolute Gasteiger partial charge is 0.381 e. The number of nitrogens with zero attached hydrogens (tertiary/aromatic N) is 1. The van der Waals surface area contributed by atoms with Crippen LogP contribution in [0.4, 0.5) is 0 Å². The van der Waals surface area contributed by atoms with Crippen molar-refractivity contribution in [3.05, 3.63) is 12.2 Å². The molecule has 0 amide bonds. The number of guanidine groups is 1. The van der Waals surface area contributed by atoms with Gasteiger partial charge in [-0.2, -0.15) is 0 Å². The van der Waals surface area contributed by atoms with E-state index >= 15 is 0 Å². The summed E-state index contributed by atoms with van der Waals surface area (Å²) in [6, 6.07) is 0. The summed E-state index contributed by atoms with van der Waals surface area (Å²) in [5.74, 6) is 1.15. The molecule has 0 bridgehead atoms. The Labute approximate surface area is 139 Å². The van der Waals surface area contributed by atoms with Gasteiger partial charge in [-0.3, -0.25) is 0 Å². The lowest BCUT2D eigenvalue weighted by molar-refractivity contribution is 0.0203. The molecule has 1 aliphatic rings. The number of hydrogen-bond donors (Lipinski definition) is 2. The van der Waals surface area contributed by atoms with Crippen LogP contribution in [-0.4, -0.2) is 45.5 Å². The average Bonchev–Trinajstić information content (AvgIpc) is 2.41. The third-order valence-electron chi connectivity index (χ3n) is 2.99. The third kappa shape index (κ3) is 10.4. The molecule has 1 aliphatic heterocycles. The molecule has 3 N–H and O–H groups in total. The van der Waals surface area contributed by atoms with E-state index in [2.05, 4.69) is 16.9 Å². The van der Waals surface area contributed by atoms with E-state index in [4.69, 9.17) is 15.2 Å². The maximum Gasteiger partial charge on any atom is 0.188 e. The van der Waals surface area contributed by atoms with Crippen molar-refractivity contribution >= 4 is 29.9 Å². The monoisotopic (exact) mass is 397 g/mol. The molecule has 0 atom stereocenters. The summed E-state index contributed by atoms with van der Waals surface area (Å²) < 4.78 is 11.0. The lowest BCUT2D eigenvalue weighted by Gasteiger charge is -2.21. The van der Waals surface area contributed by atoms with Gasteiger partial charge in [-0.15, -0.1) is 24.0 Å². The maximum atomic E-state index is 5.70. The number of nitrogens with two attached hydrogens (primary N) is 1. The Balaban J connectivity index is 0.00000361. The standard InChI is InChI=1S/C14H27N3O2.HI/c1-12(2)10-17-14(15)16-6-3-7-19-11-13-4-8-18-9-5-13;/h13H,1,3-11H2,2H3,(H3,15,16,17);1H. The molecule has 0 radical (unpaired) electrons. The van der Waals surface area contributed by atoms with Gasteiger partial charge < -0.3 is 20.5 Å². The lowest BCUT2D eigenvalue weighted by Crippen LogP contribution is -2.33. The van der Waals surface area contributed by atoms with Crippen LogP contribution in [0.5, 0.6) is 0 Å². The van der Waals surface area contributed by atoms with Gasteiger partial charge in [-0.25, -0.2) is 4.99 Å². The van der Waals surface area contributed by atoms with E-state index in [-0.39, 0.29) is 24.0 Å². The van der Waals surface area contributed by atoms with E-state index in [1.165, 1.54) is 0 Å². The minimum atomic E-state index is 0. The van der Waals surface area contributed by atoms with Crippen LogP contribution < -0.4 is 11.1 Å². The molecule has 0 aromatic carbocycles. The molecule has 0 saturated carbocycles. The second-order valence-electron chi connectivity index (χ2n) is 5.07. The van der Waals surface area contributed by atoms with Gasteiger partial charge in [-0.1, -0.05) is 12.2 Å². The van der Waals surface area contributed by atoms with Crippen molar-refractivity contribution in [2.24, 2.45) is 16.6 Å². The van der Waals surface area contributed by atoms with Crippen molar-refractivity contribution in [3.63, 3.8) is 0 Å². The Bertz CT molecular complexity index is 292. The number of halogens is 1. The number of hydrogen-bond acceptors (Lipinski definition) is 3. The molecule has 1 fully saturated rings. The minimum Gasteiger partial charge on any atom is -0.381 e. The second kappa shape index (κ2) is 12.4. The quantitative estimate of drug-likeness (QED) is 0.216. The van der Waals surface area contributed by atoms with Crippen molar-refractivity contribution < 1.29 is 9.47 Å². The third-order valence-corrected chi connectivity index (χ3v) is 2.99. The van der Waals surface area contributed by atoms with Gasteiger partial charge >= 0.3 is 0 Å². The van der Waals surface area contributed by atoms with E-state index in [0.717, 1.165) is 57.8 Å². The summed E-state index contributed by atoms with van der Waals surface area (Å²) in [5.41, 5.74) is 6.70. The highest BCUT2D eigenvalue weighted by Gasteiger charge is 2.13. The SMILES string of the molecule is C=C(C)CN=C(N)NCCCOCC1CCOCC1.I. The Morgan fingerprint density at radius 2 is 2.15 bits per heavy atom. The van der Waals surface area contributed by atoms with Crippen LogP contribution in [0.15, 0.2) is 17.1 Å². The van der Waals surface area contributed by atoms with Crippen molar-refractivity contribution in [2.45, 2.75) is 26.2 Å². The lowest BCUT2D eigenvalue weighted by atomic mass is 10.0. The number of ether oxygens (including phenoxy) is 2. The molecule has 20 heavy (non-hydrogen) atoms. The molecule has 0 aromatic rings. The molecule has 1 heterocycles. The van der Waals surface area contributed by atoms with Gasteiger partial charge in [0.2, 0.25) is 0 Å². The van der Waals surface area contributed by atoms with Crippen LogP contribution >= 0.6 is 24.0 Å². The van der Waals surface area contributed by atoms with Gasteiger partial charge in [0, 0.05) is 33.0 Å². The molecule has 5 nitrogen and oxygen atoms in total. The Hall–Kier alpha value is -0.340. The zero-order valence-electron chi connectivity index (χ0n) is 12.4. The van der Waals surface area contributed by atoms with E-state index in [9.17, 15) is 0 Å². The zero-order chi connectivity index (χ0) is 13.9. The average molecular weight is 397 g/mol. The molecule has 1 rings (SSSR count). The van der Waals surface area contributed by atoms with Crippen LogP contribution in [0.3, 0.4) is 0 Å². The van der Waals surface area contributed by atoms with Gasteiger partial charge in [0.1, 0.15) is 0 Å². The molecular weight excluding hydrogens is 369 g/mol. The van der Waals surface area contributed by atoms with Crippen molar-refractivity contribution in [3.8, 4) is 0 Å². The molecule has 0 spiro atoms. The summed E-state index contributed by atoms with van der Waals surface area (Å²) >= 11 is 0. The number of aliphatic imine (C=N–C) groups is 1. The first-order chi connectivity index (χ1) is 9.18. The Morgan fingerprint density at radius 1 is 1.45 bits per heavy atom. The molecule has 1 saturated heterocycles. The van der Waals surface area contributed by atoms with Gasteiger partial charge in [-0.05, 0) is 32.1 Å². The van der Waals surface area contributed by atoms with Crippen molar-refractivity contribution in [1.82, 2.24) is 5.32 Å². The van der Waals surface area contributed by atoms with Crippen LogP contribution in [0, 0.1) is 5.92 Å². The van der Waals surface area contributed by atoms with E-state index in [1.54, 1.807) is 0 Å². The highest BCUT2D eigenvalue weighted by atomic mass is 127. The molecular formula is C14H28IN3O2. The van der Waals surface area contributed by atoms with E-state index in [1.807, 2.05) is 6.92 Å². The molecule has 0 unspecified atom stereocenters. The molecule has 0 aromatic heterocycles. The highest BCUT2D eigenvalue weighted by molar-refractivity contribution is 14.0. The zero-order valence-corrected chi connectivity index (χ0v) is 14.7. The van der Waals surface area contributed by atoms with Crippen molar-refractivity contribution in [2.75, 3.05) is 39.5 Å². The van der Waals surface area contributed by atoms with Crippen LogP contribution in [0.2, 0.25) is 0 Å².